The quantitative estimate of drug-likeness (QED) is 0.775. The van der Waals surface area contributed by atoms with E-state index in [1.54, 1.807) is 6.07 Å². The molecule has 2 atom stereocenters. The molecular weight excluding hydrogens is 258 g/mol. The Morgan fingerprint density at radius 1 is 1.35 bits per heavy atom. The van der Waals surface area contributed by atoms with Gasteiger partial charge in [-0.3, -0.25) is 0 Å². The Labute approximate surface area is 118 Å². The molecular formula is C14H19N3O3. The molecule has 0 N–H and O–H groups in total. The summed E-state index contributed by atoms with van der Waals surface area (Å²) >= 11 is 0. The van der Waals surface area contributed by atoms with Crippen LogP contribution < -0.4 is 4.90 Å². The van der Waals surface area contributed by atoms with Crippen LogP contribution in [0.3, 0.4) is 0 Å². The van der Waals surface area contributed by atoms with Crippen molar-refractivity contribution in [3.63, 3.8) is 0 Å². The first-order valence-electron chi connectivity index (χ1n) is 7.00. The van der Waals surface area contributed by atoms with Gasteiger partial charge in [0.1, 0.15) is 0 Å². The van der Waals surface area contributed by atoms with Crippen LogP contribution in [0, 0.1) is 5.92 Å². The van der Waals surface area contributed by atoms with Gasteiger partial charge in [0, 0.05) is 13.1 Å². The van der Waals surface area contributed by atoms with Crippen LogP contribution in [0.15, 0.2) is 12.1 Å². The Morgan fingerprint density at radius 2 is 2.15 bits per heavy atom. The number of nitrogens with zero attached hydrogens (tertiary/aromatic N) is 3. The molecule has 108 valence electrons. The maximum atomic E-state index is 11.3. The smallest absolute Gasteiger partial charge is 0.358 e. The molecule has 20 heavy (non-hydrogen) atoms. The molecule has 0 bridgehead atoms. The average Bonchev–Trinajstić information content (AvgIpc) is 3.30. The molecule has 2 fully saturated rings. The number of carbonyl (C=O) groups is 1. The van der Waals surface area contributed by atoms with Crippen LogP contribution in [0.1, 0.15) is 30.3 Å². The van der Waals surface area contributed by atoms with E-state index in [1.165, 1.54) is 20.0 Å². The number of hydrogen-bond acceptors (Lipinski definition) is 6. The maximum absolute atomic E-state index is 11.3. The Balaban J connectivity index is 1.72. The topological polar surface area (TPSA) is 64.5 Å². The van der Waals surface area contributed by atoms with Gasteiger partial charge in [-0.1, -0.05) is 0 Å². The second-order valence-corrected chi connectivity index (χ2v) is 5.50. The molecule has 1 saturated carbocycles. The molecule has 0 aromatic carbocycles. The first-order valence-corrected chi connectivity index (χ1v) is 7.00. The first kappa shape index (κ1) is 13.3. The van der Waals surface area contributed by atoms with Gasteiger partial charge in [0.05, 0.1) is 19.3 Å². The van der Waals surface area contributed by atoms with Crippen molar-refractivity contribution in [3.8, 4) is 0 Å². The summed E-state index contributed by atoms with van der Waals surface area (Å²) in [5, 5.41) is 8.07. The minimum atomic E-state index is -0.463. The number of esters is 1. The lowest BCUT2D eigenvalue weighted by Gasteiger charge is -2.37. The largest absolute Gasteiger partial charge is 0.464 e. The van der Waals surface area contributed by atoms with Gasteiger partial charge in [0.15, 0.2) is 11.5 Å². The summed E-state index contributed by atoms with van der Waals surface area (Å²) in [6.45, 7) is 3.73. The highest BCUT2D eigenvalue weighted by molar-refractivity contribution is 5.86. The lowest BCUT2D eigenvalue weighted by molar-refractivity contribution is -0.0274. The van der Waals surface area contributed by atoms with E-state index in [4.69, 9.17) is 4.74 Å². The van der Waals surface area contributed by atoms with Crippen LogP contribution >= 0.6 is 0 Å². The molecule has 2 unspecified atom stereocenters. The fraction of sp³-hybridized carbons (Fsp3) is 0.643. The monoisotopic (exact) mass is 277 g/mol. The summed E-state index contributed by atoms with van der Waals surface area (Å²) in [5.74, 6) is 1.02. The number of morpholine rings is 1. The predicted molar refractivity (Wildman–Crippen MR) is 72.6 cm³/mol. The van der Waals surface area contributed by atoms with Crippen LogP contribution in [-0.4, -0.2) is 48.6 Å². The summed E-state index contributed by atoms with van der Waals surface area (Å²) in [6, 6.07) is 3.47. The fourth-order valence-electron chi connectivity index (χ4n) is 2.61. The number of methoxy groups -OCH3 is 1. The van der Waals surface area contributed by atoms with Gasteiger partial charge in [0.2, 0.25) is 0 Å². The molecule has 6 heteroatoms. The van der Waals surface area contributed by atoms with Crippen molar-refractivity contribution in [3.05, 3.63) is 17.8 Å². The Morgan fingerprint density at radius 3 is 2.75 bits per heavy atom. The zero-order valence-corrected chi connectivity index (χ0v) is 11.8. The summed E-state index contributed by atoms with van der Waals surface area (Å²) in [6.07, 6.45) is 3.01. The third kappa shape index (κ3) is 2.75. The van der Waals surface area contributed by atoms with Crippen LogP contribution in [-0.2, 0) is 9.47 Å². The molecule has 1 aromatic heterocycles. The molecule has 1 aliphatic heterocycles. The van der Waals surface area contributed by atoms with Crippen molar-refractivity contribution in [2.75, 3.05) is 25.1 Å². The van der Waals surface area contributed by atoms with E-state index in [0.29, 0.717) is 12.0 Å². The lowest BCUT2D eigenvalue weighted by atomic mass is 10.1. The van der Waals surface area contributed by atoms with Gasteiger partial charge >= 0.3 is 5.97 Å². The van der Waals surface area contributed by atoms with E-state index < -0.39 is 5.97 Å². The average molecular weight is 277 g/mol. The summed E-state index contributed by atoms with van der Waals surface area (Å²) in [4.78, 5) is 13.5. The normalized spacial score (nSPS) is 26.4. The number of rotatable bonds is 3. The van der Waals surface area contributed by atoms with Gasteiger partial charge in [-0.15, -0.1) is 10.2 Å². The van der Waals surface area contributed by atoms with E-state index in [-0.39, 0.29) is 11.8 Å². The first-order chi connectivity index (χ1) is 9.67. The van der Waals surface area contributed by atoms with E-state index in [1.807, 2.05) is 6.07 Å². The van der Waals surface area contributed by atoms with Crippen LogP contribution in [0.25, 0.3) is 0 Å². The van der Waals surface area contributed by atoms with Crippen molar-refractivity contribution < 1.29 is 14.3 Å². The second-order valence-electron chi connectivity index (χ2n) is 5.50. The van der Waals surface area contributed by atoms with Crippen LogP contribution in [0.5, 0.6) is 0 Å². The minimum Gasteiger partial charge on any atom is -0.464 e. The molecule has 2 heterocycles. The number of hydrogen-bond donors (Lipinski definition) is 0. The molecule has 0 spiro atoms. The van der Waals surface area contributed by atoms with Crippen molar-refractivity contribution in [1.29, 1.82) is 0 Å². The van der Waals surface area contributed by atoms with Crippen molar-refractivity contribution in [2.45, 2.75) is 32.0 Å². The number of ether oxygens (including phenoxy) is 2. The molecule has 1 saturated heterocycles. The number of aromatic nitrogens is 2. The summed E-state index contributed by atoms with van der Waals surface area (Å²) in [5.41, 5.74) is 0.233. The van der Waals surface area contributed by atoms with Crippen molar-refractivity contribution in [1.82, 2.24) is 10.2 Å². The van der Waals surface area contributed by atoms with Crippen molar-refractivity contribution >= 4 is 11.8 Å². The molecule has 2 aliphatic rings. The third-order valence-electron chi connectivity index (χ3n) is 3.80. The minimum absolute atomic E-state index is 0.191. The standard InChI is InChI=1S/C14H19N3O3/c1-9-7-17(8-12(20-9)10-3-4-10)13-6-5-11(15-16-13)14(18)19-2/h5-6,9-10,12H,3-4,7-8H2,1-2H3. The Bertz CT molecular complexity index is 487. The summed E-state index contributed by atoms with van der Waals surface area (Å²) < 4.78 is 10.6. The fourth-order valence-corrected chi connectivity index (χ4v) is 2.61. The van der Waals surface area contributed by atoms with Crippen LogP contribution in [0.2, 0.25) is 0 Å². The van der Waals surface area contributed by atoms with Gasteiger partial charge in [-0.05, 0) is 37.8 Å². The third-order valence-corrected chi connectivity index (χ3v) is 3.80. The highest BCUT2D eigenvalue weighted by atomic mass is 16.5. The Hall–Kier alpha value is -1.69. The van der Waals surface area contributed by atoms with E-state index in [9.17, 15) is 4.79 Å². The highest BCUT2D eigenvalue weighted by Gasteiger charge is 2.37. The molecule has 3 rings (SSSR count). The zero-order valence-electron chi connectivity index (χ0n) is 11.8. The SMILES string of the molecule is COC(=O)c1ccc(N2CC(C)OC(C3CC3)C2)nn1. The van der Waals surface area contributed by atoms with Crippen LogP contribution in [0.4, 0.5) is 5.82 Å². The molecule has 0 radical (unpaired) electrons. The summed E-state index contributed by atoms with van der Waals surface area (Å²) in [7, 11) is 1.34. The van der Waals surface area contributed by atoms with Crippen molar-refractivity contribution in [2.24, 2.45) is 5.92 Å². The molecule has 6 nitrogen and oxygen atoms in total. The maximum Gasteiger partial charge on any atom is 0.358 e. The molecule has 0 amide bonds. The van der Waals surface area contributed by atoms with Gasteiger partial charge < -0.3 is 14.4 Å². The van der Waals surface area contributed by atoms with E-state index >= 15 is 0 Å². The lowest BCUT2D eigenvalue weighted by Crippen LogP contribution is -2.48. The predicted octanol–water partition coefficient (Wildman–Crippen LogP) is 1.27. The van der Waals surface area contributed by atoms with E-state index in [0.717, 1.165) is 18.9 Å². The number of carbonyl (C=O) groups excluding carboxylic acids is 1. The second kappa shape index (κ2) is 5.36. The van der Waals surface area contributed by atoms with Gasteiger partial charge in [0.25, 0.3) is 0 Å². The molecule has 1 aliphatic carbocycles. The molecule has 1 aromatic rings. The van der Waals surface area contributed by atoms with Gasteiger partial charge in [-0.25, -0.2) is 4.79 Å². The Kier molecular flexibility index (Phi) is 3.56. The van der Waals surface area contributed by atoms with Gasteiger partial charge in [-0.2, -0.15) is 0 Å². The zero-order chi connectivity index (χ0) is 14.1. The highest BCUT2D eigenvalue weighted by Crippen LogP contribution is 2.37. The van der Waals surface area contributed by atoms with E-state index in [2.05, 4.69) is 26.8 Å². The number of anilines is 1.